The summed E-state index contributed by atoms with van der Waals surface area (Å²) < 4.78 is 0. The molecule has 1 amide bonds. The minimum Gasteiger partial charge on any atom is -0.358 e. The van der Waals surface area contributed by atoms with Crippen LogP contribution in [0.3, 0.4) is 0 Å². The Morgan fingerprint density at radius 3 is 2.60 bits per heavy atom. The highest BCUT2D eigenvalue weighted by Gasteiger charge is 2.27. The molecule has 1 heterocycles. The summed E-state index contributed by atoms with van der Waals surface area (Å²) in [6, 6.07) is 0.548. The van der Waals surface area contributed by atoms with Gasteiger partial charge in [0.2, 0.25) is 5.91 Å². The maximum atomic E-state index is 11.6. The van der Waals surface area contributed by atoms with Gasteiger partial charge in [-0.3, -0.25) is 9.69 Å². The molecule has 1 saturated heterocycles. The van der Waals surface area contributed by atoms with Gasteiger partial charge in [-0.15, -0.1) is 0 Å². The molecule has 0 aliphatic carbocycles. The monoisotopic (exact) mass is 213 g/mol. The highest BCUT2D eigenvalue weighted by atomic mass is 16.2. The van der Waals surface area contributed by atoms with Crippen LogP contribution in [0.25, 0.3) is 0 Å². The standard InChI is InChI=1S/C11H23N3O/c1-4-14(9(2)11(15)12-3)10-5-7-13-8-6-10/h9-10,13H,4-8H2,1-3H3,(H,12,15). The zero-order valence-corrected chi connectivity index (χ0v) is 10.0. The van der Waals surface area contributed by atoms with E-state index in [0.717, 1.165) is 32.5 Å². The van der Waals surface area contributed by atoms with Crippen molar-refractivity contribution in [3.05, 3.63) is 0 Å². The topological polar surface area (TPSA) is 44.4 Å². The number of hydrogen-bond acceptors (Lipinski definition) is 3. The van der Waals surface area contributed by atoms with E-state index in [4.69, 9.17) is 0 Å². The van der Waals surface area contributed by atoms with E-state index in [2.05, 4.69) is 22.5 Å². The Bertz CT molecular complexity index is 202. The van der Waals surface area contributed by atoms with Crippen molar-refractivity contribution in [3.63, 3.8) is 0 Å². The summed E-state index contributed by atoms with van der Waals surface area (Å²) in [7, 11) is 1.70. The summed E-state index contributed by atoms with van der Waals surface area (Å²) in [5, 5.41) is 6.07. The maximum absolute atomic E-state index is 11.6. The lowest BCUT2D eigenvalue weighted by Gasteiger charge is -2.37. The van der Waals surface area contributed by atoms with Crippen LogP contribution in [0, 0.1) is 0 Å². The first-order valence-electron chi connectivity index (χ1n) is 5.88. The number of nitrogens with zero attached hydrogens (tertiary/aromatic N) is 1. The molecule has 2 N–H and O–H groups in total. The lowest BCUT2D eigenvalue weighted by atomic mass is 10.0. The number of likely N-dealkylation sites (N-methyl/N-ethyl adjacent to an activating group) is 2. The summed E-state index contributed by atoms with van der Waals surface area (Å²) in [5.74, 6) is 0.121. The van der Waals surface area contributed by atoms with E-state index < -0.39 is 0 Å². The van der Waals surface area contributed by atoms with Crippen LogP contribution >= 0.6 is 0 Å². The number of carbonyl (C=O) groups excluding carboxylic acids is 1. The van der Waals surface area contributed by atoms with Crippen LogP contribution in [0.2, 0.25) is 0 Å². The molecule has 88 valence electrons. The third-order valence-corrected chi connectivity index (χ3v) is 3.27. The van der Waals surface area contributed by atoms with Gasteiger partial charge in [0.05, 0.1) is 6.04 Å². The Kier molecular flexibility index (Phi) is 5.05. The molecule has 0 aromatic carbocycles. The maximum Gasteiger partial charge on any atom is 0.236 e. The van der Waals surface area contributed by atoms with Gasteiger partial charge in [0.25, 0.3) is 0 Å². The fourth-order valence-corrected chi connectivity index (χ4v) is 2.35. The lowest BCUT2D eigenvalue weighted by molar-refractivity contribution is -0.126. The van der Waals surface area contributed by atoms with Crippen molar-refractivity contribution in [2.45, 2.75) is 38.8 Å². The van der Waals surface area contributed by atoms with Gasteiger partial charge in [-0.25, -0.2) is 0 Å². The second-order valence-corrected chi connectivity index (χ2v) is 4.10. The van der Waals surface area contributed by atoms with E-state index >= 15 is 0 Å². The van der Waals surface area contributed by atoms with Gasteiger partial charge >= 0.3 is 0 Å². The lowest BCUT2D eigenvalue weighted by Crippen LogP contribution is -2.51. The number of piperidine rings is 1. The Hall–Kier alpha value is -0.610. The SMILES string of the molecule is CCN(C1CCNCC1)C(C)C(=O)NC. The number of hydrogen-bond donors (Lipinski definition) is 2. The number of nitrogens with one attached hydrogen (secondary N) is 2. The summed E-state index contributed by atoms with van der Waals surface area (Å²) >= 11 is 0. The van der Waals surface area contributed by atoms with Crippen LogP contribution in [-0.2, 0) is 4.79 Å². The molecule has 4 nitrogen and oxygen atoms in total. The smallest absolute Gasteiger partial charge is 0.236 e. The van der Waals surface area contributed by atoms with Crippen molar-refractivity contribution in [3.8, 4) is 0 Å². The second kappa shape index (κ2) is 6.08. The van der Waals surface area contributed by atoms with Crippen LogP contribution in [0.4, 0.5) is 0 Å². The van der Waals surface area contributed by atoms with Crippen LogP contribution < -0.4 is 10.6 Å². The zero-order valence-electron chi connectivity index (χ0n) is 10.0. The molecule has 0 radical (unpaired) electrons. The van der Waals surface area contributed by atoms with Crippen LogP contribution in [-0.4, -0.2) is 49.6 Å². The third kappa shape index (κ3) is 3.18. The Balaban J connectivity index is 2.56. The van der Waals surface area contributed by atoms with E-state index in [1.165, 1.54) is 0 Å². The summed E-state index contributed by atoms with van der Waals surface area (Å²) in [4.78, 5) is 13.9. The van der Waals surface area contributed by atoms with E-state index in [-0.39, 0.29) is 11.9 Å². The van der Waals surface area contributed by atoms with Crippen LogP contribution in [0.5, 0.6) is 0 Å². The molecule has 15 heavy (non-hydrogen) atoms. The predicted molar refractivity (Wildman–Crippen MR) is 61.8 cm³/mol. The van der Waals surface area contributed by atoms with E-state index in [0.29, 0.717) is 6.04 Å². The van der Waals surface area contributed by atoms with Gasteiger partial charge in [0, 0.05) is 13.1 Å². The molecule has 4 heteroatoms. The van der Waals surface area contributed by atoms with Crippen molar-refractivity contribution >= 4 is 5.91 Å². The first-order valence-corrected chi connectivity index (χ1v) is 5.88. The number of rotatable bonds is 4. The average Bonchev–Trinajstić information content (AvgIpc) is 2.30. The quantitative estimate of drug-likeness (QED) is 0.701. The zero-order chi connectivity index (χ0) is 11.3. The molecular weight excluding hydrogens is 190 g/mol. The minimum atomic E-state index is -0.0110. The summed E-state index contributed by atoms with van der Waals surface area (Å²) in [6.07, 6.45) is 2.30. The van der Waals surface area contributed by atoms with Gasteiger partial charge < -0.3 is 10.6 Å². The highest BCUT2D eigenvalue weighted by Crippen LogP contribution is 2.14. The van der Waals surface area contributed by atoms with Gasteiger partial charge in [0.15, 0.2) is 0 Å². The molecule has 1 aliphatic heterocycles. The van der Waals surface area contributed by atoms with Gasteiger partial charge in [-0.2, -0.15) is 0 Å². The van der Waals surface area contributed by atoms with Crippen LogP contribution in [0.1, 0.15) is 26.7 Å². The van der Waals surface area contributed by atoms with E-state index in [1.54, 1.807) is 7.05 Å². The largest absolute Gasteiger partial charge is 0.358 e. The molecular formula is C11H23N3O. The van der Waals surface area contributed by atoms with Crippen LogP contribution in [0.15, 0.2) is 0 Å². The Labute approximate surface area is 92.4 Å². The van der Waals surface area contributed by atoms with Gasteiger partial charge in [-0.05, 0) is 39.4 Å². The van der Waals surface area contributed by atoms with Crippen molar-refractivity contribution in [2.24, 2.45) is 0 Å². The number of amides is 1. The highest BCUT2D eigenvalue weighted by molar-refractivity contribution is 5.81. The van der Waals surface area contributed by atoms with Gasteiger partial charge in [-0.1, -0.05) is 6.92 Å². The first kappa shape index (κ1) is 12.5. The van der Waals surface area contributed by atoms with Crippen molar-refractivity contribution in [1.29, 1.82) is 0 Å². The number of carbonyl (C=O) groups is 1. The van der Waals surface area contributed by atoms with Crippen molar-refractivity contribution in [1.82, 2.24) is 15.5 Å². The minimum absolute atomic E-state index is 0.0110. The molecule has 0 aromatic heterocycles. The van der Waals surface area contributed by atoms with Crippen molar-refractivity contribution in [2.75, 3.05) is 26.7 Å². The third-order valence-electron chi connectivity index (χ3n) is 3.27. The summed E-state index contributed by atoms with van der Waals surface area (Å²) in [6.45, 7) is 7.20. The molecule has 1 aliphatic rings. The predicted octanol–water partition coefficient (Wildman–Crippen LogP) is 0.195. The average molecular weight is 213 g/mol. The summed E-state index contributed by atoms with van der Waals surface area (Å²) in [5.41, 5.74) is 0. The Morgan fingerprint density at radius 1 is 1.53 bits per heavy atom. The fourth-order valence-electron chi connectivity index (χ4n) is 2.35. The molecule has 0 saturated carbocycles. The van der Waals surface area contributed by atoms with E-state index in [1.807, 2.05) is 6.92 Å². The molecule has 1 unspecified atom stereocenters. The molecule has 1 rings (SSSR count). The molecule has 0 aromatic rings. The molecule has 0 bridgehead atoms. The molecule has 1 fully saturated rings. The molecule has 0 spiro atoms. The van der Waals surface area contributed by atoms with E-state index in [9.17, 15) is 4.79 Å². The van der Waals surface area contributed by atoms with Gasteiger partial charge in [0.1, 0.15) is 0 Å². The Morgan fingerprint density at radius 2 is 2.13 bits per heavy atom. The fraction of sp³-hybridized carbons (Fsp3) is 0.909. The molecule has 1 atom stereocenters. The second-order valence-electron chi connectivity index (χ2n) is 4.10. The normalized spacial score (nSPS) is 20.3. The first-order chi connectivity index (χ1) is 7.20. The van der Waals surface area contributed by atoms with Crippen molar-refractivity contribution < 1.29 is 4.79 Å².